The number of nitrogens with zero attached hydrogens (tertiary/aromatic N) is 2. The van der Waals surface area contributed by atoms with Crippen LogP contribution in [0.2, 0.25) is 0 Å². The summed E-state index contributed by atoms with van der Waals surface area (Å²) in [5, 5.41) is 4.78. The minimum absolute atomic E-state index is 0.503. The van der Waals surface area contributed by atoms with Crippen molar-refractivity contribution in [1.82, 2.24) is 20.3 Å². The molecule has 4 nitrogen and oxygen atoms in total. The van der Waals surface area contributed by atoms with Crippen molar-refractivity contribution in [2.75, 3.05) is 6.54 Å². The molecule has 2 unspecified atom stereocenters. The van der Waals surface area contributed by atoms with E-state index in [-0.39, 0.29) is 0 Å². The zero-order valence-electron chi connectivity index (χ0n) is 14.1. The second-order valence-corrected chi connectivity index (χ2v) is 8.02. The number of benzene rings is 1. The summed E-state index contributed by atoms with van der Waals surface area (Å²) >= 11 is 1.79. The van der Waals surface area contributed by atoms with Crippen LogP contribution >= 0.6 is 11.3 Å². The quantitative estimate of drug-likeness (QED) is 0.554. The van der Waals surface area contributed by atoms with E-state index in [1.807, 2.05) is 6.20 Å². The number of hydrogen-bond acceptors (Lipinski definition) is 4. The topological polar surface area (TPSA) is 53.6 Å². The molecule has 1 aromatic carbocycles. The Bertz CT molecular complexity index is 969. The van der Waals surface area contributed by atoms with E-state index in [0.717, 1.165) is 42.3 Å². The molecule has 1 saturated heterocycles. The van der Waals surface area contributed by atoms with Gasteiger partial charge < -0.3 is 10.3 Å². The summed E-state index contributed by atoms with van der Waals surface area (Å²) in [6, 6.07) is 13.4. The summed E-state index contributed by atoms with van der Waals surface area (Å²) in [7, 11) is 0. The Balaban J connectivity index is 1.52. The highest BCUT2D eigenvalue weighted by Crippen LogP contribution is 2.36. The molecule has 2 N–H and O–H groups in total. The van der Waals surface area contributed by atoms with E-state index < -0.39 is 0 Å². The summed E-state index contributed by atoms with van der Waals surface area (Å²) in [6.07, 6.45) is 4.19. The third-order valence-electron chi connectivity index (χ3n) is 5.07. The van der Waals surface area contributed by atoms with Gasteiger partial charge in [-0.05, 0) is 49.9 Å². The van der Waals surface area contributed by atoms with Gasteiger partial charge in [0.05, 0.1) is 22.5 Å². The lowest BCUT2D eigenvalue weighted by Gasteiger charge is -2.27. The zero-order valence-corrected chi connectivity index (χ0v) is 14.9. The largest absolute Gasteiger partial charge is 0.342 e. The fourth-order valence-corrected chi connectivity index (χ4v) is 4.78. The maximum atomic E-state index is 4.78. The van der Waals surface area contributed by atoms with E-state index in [2.05, 4.69) is 58.6 Å². The molecule has 1 aromatic heterocycles. The highest BCUT2D eigenvalue weighted by atomic mass is 32.1. The first-order valence-corrected chi connectivity index (χ1v) is 9.66. The minimum atomic E-state index is 0.503. The van der Waals surface area contributed by atoms with Crippen LogP contribution in [0.5, 0.6) is 0 Å². The number of thiophene rings is 1. The molecule has 2 atom stereocenters. The van der Waals surface area contributed by atoms with Crippen LogP contribution in [-0.2, 0) is 0 Å². The van der Waals surface area contributed by atoms with Gasteiger partial charge in [-0.3, -0.25) is 0 Å². The Morgan fingerprint density at radius 1 is 1.16 bits per heavy atom. The van der Waals surface area contributed by atoms with Crippen LogP contribution in [-0.4, -0.2) is 27.5 Å². The van der Waals surface area contributed by atoms with E-state index >= 15 is 0 Å². The molecule has 3 aliphatic heterocycles. The van der Waals surface area contributed by atoms with Crippen molar-refractivity contribution in [2.24, 2.45) is 0 Å². The molecule has 0 amide bonds. The first kappa shape index (κ1) is 15.0. The summed E-state index contributed by atoms with van der Waals surface area (Å²) in [5.74, 6) is 1.60. The average Bonchev–Trinajstić information content (AvgIpc) is 3.24. The molecule has 3 aliphatic rings. The summed E-state index contributed by atoms with van der Waals surface area (Å²) in [5.41, 5.74) is 3.06. The molecule has 0 aliphatic carbocycles. The van der Waals surface area contributed by atoms with E-state index in [4.69, 9.17) is 4.98 Å². The van der Waals surface area contributed by atoms with Crippen LogP contribution in [0.3, 0.4) is 0 Å². The van der Waals surface area contributed by atoms with Gasteiger partial charge in [0, 0.05) is 16.7 Å². The molecule has 0 radical (unpaired) electrons. The number of fused-ring (bicyclic) bond motifs is 2. The van der Waals surface area contributed by atoms with Gasteiger partial charge in [-0.1, -0.05) is 18.2 Å². The Labute approximate surface area is 150 Å². The number of H-pyrrole nitrogens is 1. The van der Waals surface area contributed by atoms with Crippen molar-refractivity contribution in [2.45, 2.75) is 31.7 Å². The van der Waals surface area contributed by atoms with Crippen LogP contribution < -0.4 is 5.32 Å². The number of rotatable bonds is 2. The van der Waals surface area contributed by atoms with Crippen molar-refractivity contribution in [3.8, 4) is 22.0 Å². The number of aromatic amines is 1. The van der Waals surface area contributed by atoms with Gasteiger partial charge in [0.25, 0.3) is 0 Å². The van der Waals surface area contributed by atoms with Crippen molar-refractivity contribution >= 4 is 21.4 Å². The Kier molecular flexibility index (Phi) is 3.57. The van der Waals surface area contributed by atoms with E-state index in [1.54, 1.807) is 11.3 Å². The predicted molar refractivity (Wildman–Crippen MR) is 103 cm³/mol. The molecular formula is C20H20N4S. The lowest BCUT2D eigenvalue weighted by molar-refractivity contribution is 0.371. The third-order valence-corrected chi connectivity index (χ3v) is 6.21. The summed E-state index contributed by atoms with van der Waals surface area (Å²) in [4.78, 5) is 14.2. The van der Waals surface area contributed by atoms with Crippen LogP contribution in [0.25, 0.3) is 32.0 Å². The van der Waals surface area contributed by atoms with Gasteiger partial charge in [0.15, 0.2) is 0 Å². The van der Waals surface area contributed by atoms with Gasteiger partial charge in [-0.25, -0.2) is 9.97 Å². The van der Waals surface area contributed by atoms with E-state index in [9.17, 15) is 0 Å². The van der Waals surface area contributed by atoms with Gasteiger partial charge in [-0.15, -0.1) is 11.3 Å². The van der Waals surface area contributed by atoms with E-state index in [0.29, 0.717) is 12.0 Å². The average molecular weight is 348 g/mol. The van der Waals surface area contributed by atoms with E-state index in [1.165, 1.54) is 15.0 Å². The molecule has 126 valence electrons. The Morgan fingerprint density at radius 2 is 2.08 bits per heavy atom. The Hall–Kier alpha value is -2.24. The van der Waals surface area contributed by atoms with Gasteiger partial charge in [-0.2, -0.15) is 0 Å². The van der Waals surface area contributed by atoms with Crippen LogP contribution in [0.15, 0.2) is 42.6 Å². The number of piperidine rings is 1. The highest BCUT2D eigenvalue weighted by molar-refractivity contribution is 7.22. The molecule has 5 rings (SSSR count). The molecule has 2 aromatic rings. The maximum Gasteiger partial charge on any atom is 0.109 e. The predicted octanol–water partition coefficient (Wildman–Crippen LogP) is 4.65. The fraction of sp³-hybridized carbons (Fsp3) is 0.300. The third kappa shape index (κ3) is 2.73. The number of hydrogen-bond donors (Lipinski definition) is 2. The molecule has 0 bridgehead atoms. The normalized spacial score (nSPS) is 21.2. The van der Waals surface area contributed by atoms with Gasteiger partial charge >= 0.3 is 0 Å². The fourth-order valence-electron chi connectivity index (χ4n) is 3.75. The second kappa shape index (κ2) is 5.93. The molecule has 0 spiro atoms. The van der Waals surface area contributed by atoms with Crippen LogP contribution in [0.1, 0.15) is 31.5 Å². The molecule has 0 saturated carbocycles. The monoisotopic (exact) mass is 348 g/mol. The number of nitrogens with one attached hydrogen (secondary N) is 2. The molecular weight excluding hydrogens is 328 g/mol. The van der Waals surface area contributed by atoms with Crippen LogP contribution in [0, 0.1) is 0 Å². The molecule has 25 heavy (non-hydrogen) atoms. The second-order valence-electron chi connectivity index (χ2n) is 6.93. The van der Waals surface area contributed by atoms with Crippen molar-refractivity contribution < 1.29 is 0 Å². The first-order chi connectivity index (χ1) is 12.3. The van der Waals surface area contributed by atoms with Crippen molar-refractivity contribution in [3.63, 3.8) is 0 Å². The smallest absolute Gasteiger partial charge is 0.109 e. The first-order valence-electron chi connectivity index (χ1n) is 8.84. The number of aromatic nitrogens is 3. The maximum absolute atomic E-state index is 4.78. The lowest BCUT2D eigenvalue weighted by Crippen LogP contribution is -2.35. The lowest BCUT2D eigenvalue weighted by atomic mass is 9.92. The van der Waals surface area contributed by atoms with Gasteiger partial charge in [0.2, 0.25) is 0 Å². The van der Waals surface area contributed by atoms with Crippen LogP contribution in [0.4, 0.5) is 0 Å². The van der Waals surface area contributed by atoms with Gasteiger partial charge in [0.1, 0.15) is 11.5 Å². The Morgan fingerprint density at radius 3 is 2.96 bits per heavy atom. The van der Waals surface area contributed by atoms with Crippen molar-refractivity contribution in [1.29, 1.82) is 0 Å². The van der Waals surface area contributed by atoms with Crippen molar-refractivity contribution in [3.05, 3.63) is 48.4 Å². The highest BCUT2D eigenvalue weighted by Gasteiger charge is 2.23. The standard InChI is InChI=1S/C20H20N4S/c1-12-8-14(6-7-21-12)20-22-11-17-15(24-20)10-16(23-17)19-9-13-4-2-3-5-18(13)25-19/h2-5,9-12,14,21H,6-8H2,1H3,(H,22,24). The SMILES string of the molecule is CC1CC(c2ncc3nc(-c4cc5ccccc5s4)cc-3[nH]2)CCN1. The molecule has 1 fully saturated rings. The minimum Gasteiger partial charge on any atom is -0.342 e. The molecule has 4 heterocycles. The zero-order chi connectivity index (χ0) is 16.8. The summed E-state index contributed by atoms with van der Waals surface area (Å²) < 4.78 is 1.30. The summed E-state index contributed by atoms with van der Waals surface area (Å²) in [6.45, 7) is 3.31. The molecule has 5 heteroatoms.